The van der Waals surface area contributed by atoms with Crippen LogP contribution in [-0.2, 0) is 16.0 Å². The van der Waals surface area contributed by atoms with Crippen LogP contribution in [0.15, 0.2) is 36.2 Å². The van der Waals surface area contributed by atoms with Gasteiger partial charge in [-0.25, -0.2) is 4.98 Å². The number of aromatic amines is 2. The summed E-state index contributed by atoms with van der Waals surface area (Å²) in [4.78, 5) is 20.6. The number of carbonyl (C=O) groups excluding carboxylic acids is 1. The van der Waals surface area contributed by atoms with Crippen LogP contribution >= 0.6 is 0 Å². The Labute approximate surface area is 210 Å². The number of amides is 1. The first-order chi connectivity index (χ1) is 16.7. The summed E-state index contributed by atoms with van der Waals surface area (Å²) in [6.07, 6.45) is 13.4. The van der Waals surface area contributed by atoms with Crippen LogP contribution in [-0.4, -0.2) is 76.5 Å². The average Bonchev–Trinajstić information content (AvgIpc) is 3.47. The molecule has 0 aliphatic heterocycles. The van der Waals surface area contributed by atoms with Gasteiger partial charge in [0.15, 0.2) is 5.82 Å². The molecule has 0 saturated carbocycles. The predicted molar refractivity (Wildman–Crippen MR) is 142 cm³/mol. The molecule has 4 N–H and O–H groups in total. The maximum absolute atomic E-state index is 10.7. The number of likely N-dealkylation sites (N-methyl/N-ethyl adjacent to an activating group) is 1. The maximum Gasteiger partial charge on any atom is 0.211 e. The minimum Gasteiger partial charge on any atom is -0.396 e. The van der Waals surface area contributed by atoms with Crippen LogP contribution < -0.4 is 5.32 Å². The van der Waals surface area contributed by atoms with Gasteiger partial charge in [-0.2, -0.15) is 5.10 Å². The highest BCUT2D eigenvalue weighted by atomic mass is 16.5. The van der Waals surface area contributed by atoms with Crippen molar-refractivity contribution < 1.29 is 14.6 Å². The van der Waals surface area contributed by atoms with Crippen LogP contribution in [0.25, 0.3) is 11.5 Å². The van der Waals surface area contributed by atoms with Gasteiger partial charge in [-0.15, -0.1) is 0 Å². The zero-order chi connectivity index (χ0) is 26.1. The number of rotatable bonds is 14. The standard InChI is InChI=1S/C21H32N6O2.C5H12O/c1-4-7-17(10-11-27(3)12-13-29-5-2)8-6-9-18-14-22-21(25-18)20-19(23-16-28)15-24-26-20;1-5(2,3)4-6/h6-8,14-16H,4-5,9-13H2,1-3H3,(H,22,25)(H,23,28)(H,24,26);6H,4H2,1-3H3/b8-6?,17-7+;. The number of aliphatic hydroxyl groups excluding tert-OH is 1. The van der Waals surface area contributed by atoms with Gasteiger partial charge in [0, 0.05) is 44.6 Å². The first-order valence-electron chi connectivity index (χ1n) is 12.2. The van der Waals surface area contributed by atoms with E-state index in [1.165, 1.54) is 5.57 Å². The van der Waals surface area contributed by atoms with Crippen LogP contribution in [0.1, 0.15) is 53.2 Å². The molecule has 1 amide bonds. The Kier molecular flexibility index (Phi) is 14.5. The molecule has 35 heavy (non-hydrogen) atoms. The van der Waals surface area contributed by atoms with Crippen molar-refractivity contribution in [2.24, 2.45) is 5.41 Å². The van der Waals surface area contributed by atoms with Crippen molar-refractivity contribution in [2.45, 2.75) is 53.9 Å². The van der Waals surface area contributed by atoms with E-state index < -0.39 is 0 Å². The first kappa shape index (κ1) is 30.3. The SMILES string of the molecule is CC(C)(C)CO.CC/C=C(\C=CCc1cnc(-c2[nH]ncc2NC=O)[nH]1)CCN(C)CCOCC. The predicted octanol–water partition coefficient (Wildman–Crippen LogP) is 4.19. The molecular formula is C26H44N6O3. The largest absolute Gasteiger partial charge is 0.396 e. The number of hydrogen-bond acceptors (Lipinski definition) is 6. The molecule has 2 aromatic heterocycles. The Morgan fingerprint density at radius 3 is 2.63 bits per heavy atom. The van der Waals surface area contributed by atoms with Crippen molar-refractivity contribution in [1.82, 2.24) is 25.1 Å². The second-order valence-electron chi connectivity index (χ2n) is 9.44. The van der Waals surface area contributed by atoms with Gasteiger partial charge >= 0.3 is 0 Å². The van der Waals surface area contributed by atoms with E-state index in [-0.39, 0.29) is 12.0 Å². The Bertz CT molecular complexity index is 895. The minimum atomic E-state index is 0.0972. The maximum atomic E-state index is 10.7. The molecule has 2 aromatic rings. The van der Waals surface area contributed by atoms with E-state index in [1.54, 1.807) is 12.4 Å². The van der Waals surface area contributed by atoms with E-state index in [2.05, 4.69) is 62.6 Å². The highest BCUT2D eigenvalue weighted by Crippen LogP contribution is 2.22. The summed E-state index contributed by atoms with van der Waals surface area (Å²) in [5, 5.41) is 17.8. The van der Waals surface area contributed by atoms with E-state index in [0.717, 1.165) is 51.3 Å². The number of nitrogens with zero attached hydrogens (tertiary/aromatic N) is 3. The molecule has 0 fully saturated rings. The number of allylic oxidation sites excluding steroid dienone is 3. The summed E-state index contributed by atoms with van der Waals surface area (Å²) in [5.41, 5.74) is 3.68. The topological polar surface area (TPSA) is 119 Å². The molecule has 9 nitrogen and oxygen atoms in total. The average molecular weight is 489 g/mol. The number of carbonyl (C=O) groups is 1. The molecule has 2 heterocycles. The van der Waals surface area contributed by atoms with Gasteiger partial charge < -0.3 is 25.0 Å². The number of aromatic nitrogens is 4. The molecular weight excluding hydrogens is 444 g/mol. The van der Waals surface area contributed by atoms with Crippen LogP contribution in [0, 0.1) is 5.41 Å². The van der Waals surface area contributed by atoms with Crippen molar-refractivity contribution in [3.63, 3.8) is 0 Å². The van der Waals surface area contributed by atoms with Gasteiger partial charge in [0.2, 0.25) is 6.41 Å². The Hall–Kier alpha value is -2.75. The lowest BCUT2D eigenvalue weighted by molar-refractivity contribution is -0.105. The fourth-order valence-electron chi connectivity index (χ4n) is 2.88. The summed E-state index contributed by atoms with van der Waals surface area (Å²) in [7, 11) is 2.13. The third-order valence-electron chi connectivity index (χ3n) is 4.93. The van der Waals surface area contributed by atoms with E-state index in [1.807, 2.05) is 27.7 Å². The van der Waals surface area contributed by atoms with Crippen LogP contribution in [0.2, 0.25) is 0 Å². The Balaban J connectivity index is 0.000000905. The fraction of sp³-hybridized carbons (Fsp3) is 0.577. The lowest BCUT2D eigenvalue weighted by Crippen LogP contribution is -2.24. The molecule has 0 atom stereocenters. The number of hydrogen-bond donors (Lipinski definition) is 4. The molecule has 2 rings (SSSR count). The Morgan fingerprint density at radius 2 is 2.00 bits per heavy atom. The zero-order valence-corrected chi connectivity index (χ0v) is 22.2. The van der Waals surface area contributed by atoms with E-state index in [0.29, 0.717) is 23.6 Å². The quantitative estimate of drug-likeness (QED) is 0.180. The van der Waals surface area contributed by atoms with E-state index in [9.17, 15) is 4.79 Å². The van der Waals surface area contributed by atoms with Crippen LogP contribution in [0.5, 0.6) is 0 Å². The third-order valence-corrected chi connectivity index (χ3v) is 4.93. The third kappa shape index (κ3) is 13.1. The molecule has 0 saturated heterocycles. The van der Waals surface area contributed by atoms with Gasteiger partial charge in [-0.1, -0.05) is 51.5 Å². The smallest absolute Gasteiger partial charge is 0.211 e. The number of imidazole rings is 1. The van der Waals surface area contributed by atoms with Gasteiger partial charge in [-0.3, -0.25) is 9.89 Å². The second kappa shape index (κ2) is 16.8. The zero-order valence-electron chi connectivity index (χ0n) is 22.2. The van der Waals surface area contributed by atoms with Crippen molar-refractivity contribution in [3.8, 4) is 11.5 Å². The number of H-pyrrole nitrogens is 2. The fourth-order valence-corrected chi connectivity index (χ4v) is 2.88. The van der Waals surface area contributed by atoms with Crippen molar-refractivity contribution in [3.05, 3.63) is 41.9 Å². The van der Waals surface area contributed by atoms with E-state index >= 15 is 0 Å². The molecule has 0 aromatic carbocycles. The van der Waals surface area contributed by atoms with Gasteiger partial charge in [0.25, 0.3) is 0 Å². The highest BCUT2D eigenvalue weighted by molar-refractivity contribution is 5.80. The highest BCUT2D eigenvalue weighted by Gasteiger charge is 2.10. The monoisotopic (exact) mass is 488 g/mol. The molecule has 0 spiro atoms. The van der Waals surface area contributed by atoms with Gasteiger partial charge in [0.1, 0.15) is 5.69 Å². The van der Waals surface area contributed by atoms with Gasteiger partial charge in [-0.05, 0) is 32.2 Å². The summed E-state index contributed by atoms with van der Waals surface area (Å²) < 4.78 is 5.42. The minimum absolute atomic E-state index is 0.0972. The van der Waals surface area contributed by atoms with Crippen LogP contribution in [0.3, 0.4) is 0 Å². The summed E-state index contributed by atoms with van der Waals surface area (Å²) >= 11 is 0. The molecule has 0 radical (unpaired) electrons. The molecule has 196 valence electrons. The molecule has 0 aliphatic rings. The molecule has 0 aliphatic carbocycles. The van der Waals surface area contributed by atoms with Crippen molar-refractivity contribution in [2.75, 3.05) is 45.3 Å². The molecule has 0 unspecified atom stereocenters. The number of ether oxygens (including phenoxy) is 1. The van der Waals surface area contributed by atoms with Crippen LogP contribution in [0.4, 0.5) is 5.69 Å². The first-order valence-corrected chi connectivity index (χ1v) is 12.2. The molecule has 0 bridgehead atoms. The summed E-state index contributed by atoms with van der Waals surface area (Å²) in [5.74, 6) is 0.649. The normalized spacial score (nSPS) is 12.2. The summed E-state index contributed by atoms with van der Waals surface area (Å²) in [6, 6.07) is 0. The lowest BCUT2D eigenvalue weighted by atomic mass is 9.99. The summed E-state index contributed by atoms with van der Waals surface area (Å²) in [6.45, 7) is 13.9. The number of anilines is 1. The number of nitrogens with one attached hydrogen (secondary N) is 3. The van der Waals surface area contributed by atoms with Gasteiger partial charge in [0.05, 0.1) is 18.5 Å². The molecule has 9 heteroatoms. The van der Waals surface area contributed by atoms with E-state index in [4.69, 9.17) is 9.84 Å². The van der Waals surface area contributed by atoms with Crippen molar-refractivity contribution in [1.29, 1.82) is 0 Å². The van der Waals surface area contributed by atoms with Crippen molar-refractivity contribution >= 4 is 12.1 Å². The Morgan fingerprint density at radius 1 is 1.26 bits per heavy atom. The second-order valence-corrected chi connectivity index (χ2v) is 9.44. The lowest BCUT2D eigenvalue weighted by Gasteiger charge is -2.16. The number of aliphatic hydroxyl groups is 1.